The molecule has 0 spiro atoms. The number of aryl methyl sites for hydroxylation is 2. The van der Waals surface area contributed by atoms with E-state index >= 15 is 0 Å². The Labute approximate surface area is 374 Å². The van der Waals surface area contributed by atoms with Gasteiger partial charge in [-0.2, -0.15) is 0 Å². The van der Waals surface area contributed by atoms with Crippen molar-refractivity contribution in [3.8, 4) is 23.0 Å². The molecule has 1 aliphatic heterocycles. The minimum atomic E-state index is -1.53. The second kappa shape index (κ2) is 21.0. The van der Waals surface area contributed by atoms with E-state index in [1.165, 1.54) is 46.2 Å². The van der Waals surface area contributed by atoms with E-state index in [1.54, 1.807) is 0 Å². The van der Waals surface area contributed by atoms with Crippen LogP contribution in [0.1, 0.15) is 162 Å². The van der Waals surface area contributed by atoms with Crippen LogP contribution >= 0.6 is 17.1 Å². The van der Waals surface area contributed by atoms with Crippen molar-refractivity contribution in [3.63, 3.8) is 0 Å². The fourth-order valence-electron chi connectivity index (χ4n) is 7.42. The summed E-state index contributed by atoms with van der Waals surface area (Å²) in [6.07, 6.45) is 7.57. The zero-order chi connectivity index (χ0) is 44.6. The van der Waals surface area contributed by atoms with E-state index in [4.69, 9.17) is 18.1 Å². The van der Waals surface area contributed by atoms with E-state index in [2.05, 4.69) is 191 Å². The molecule has 0 aromatic heterocycles. The first-order valence-electron chi connectivity index (χ1n) is 23.0. The quantitative estimate of drug-likeness (QED) is 0.105. The van der Waals surface area contributed by atoms with Gasteiger partial charge in [-0.25, -0.2) is 9.34 Å². The van der Waals surface area contributed by atoms with Crippen LogP contribution < -0.4 is 18.1 Å². The molecular weight excluding hydrogens is 791 g/mol. The van der Waals surface area contributed by atoms with Crippen LogP contribution in [0.3, 0.4) is 0 Å². The Kier molecular flexibility index (Phi) is 16.8. The number of hydrogen-bond acceptors (Lipinski definition) is 6. The number of unbranched alkanes of at least 4 members (excludes halogenated alkanes) is 2. The van der Waals surface area contributed by atoms with Crippen molar-refractivity contribution in [1.29, 1.82) is 0 Å². The molecule has 4 aromatic rings. The molecule has 2 atom stereocenters. The maximum absolute atomic E-state index is 7.21. The standard InChI is InChI=1S/C53H78N2O4P2/c1-15-17-22-40-26-30-44(31-27-40)56-60(58-48-32-28-42(50(3,4)5)38-45(48)52(9,10)11)54-34-21-35-55(37-36-54)61(57-47-25-20-19-24-41(47)23-18-16-2)59-49-33-29-43(51(6,7)8)39-46(49)53(12,13)14/h19-20,24-33,38-39H,15-18,21-23,34-37H2,1-14H3. The number of para-hydroxylation sites is 1. The molecule has 0 amide bonds. The second-order valence-corrected chi connectivity index (χ2v) is 23.8. The molecule has 334 valence electrons. The fourth-order valence-corrected chi connectivity index (χ4v) is 10.4. The van der Waals surface area contributed by atoms with Gasteiger partial charge < -0.3 is 18.1 Å². The minimum Gasteiger partial charge on any atom is -0.427 e. The third kappa shape index (κ3) is 13.9. The van der Waals surface area contributed by atoms with Gasteiger partial charge in [-0.1, -0.05) is 164 Å². The van der Waals surface area contributed by atoms with Gasteiger partial charge in [0.2, 0.25) is 0 Å². The summed E-state index contributed by atoms with van der Waals surface area (Å²) in [5.74, 6) is 3.53. The van der Waals surface area contributed by atoms with Gasteiger partial charge in [-0.05, 0) is 106 Å². The van der Waals surface area contributed by atoms with Crippen molar-refractivity contribution in [1.82, 2.24) is 9.34 Å². The Bertz CT molecular complexity index is 1990. The molecule has 4 aromatic carbocycles. The monoisotopic (exact) mass is 869 g/mol. The molecule has 1 saturated heterocycles. The van der Waals surface area contributed by atoms with E-state index in [0.29, 0.717) is 0 Å². The van der Waals surface area contributed by atoms with Crippen LogP contribution in [0, 0.1) is 0 Å². The van der Waals surface area contributed by atoms with Crippen molar-refractivity contribution in [2.45, 2.75) is 164 Å². The van der Waals surface area contributed by atoms with E-state index in [-0.39, 0.29) is 21.7 Å². The molecule has 1 aliphatic rings. The molecule has 1 fully saturated rings. The molecular formula is C53H78N2O4P2. The summed E-state index contributed by atoms with van der Waals surface area (Å²) in [5, 5.41) is 0. The lowest BCUT2D eigenvalue weighted by molar-refractivity contribution is 0.338. The van der Waals surface area contributed by atoms with E-state index in [0.717, 1.165) is 81.3 Å². The summed E-state index contributed by atoms with van der Waals surface area (Å²) >= 11 is 0. The highest BCUT2D eigenvalue weighted by molar-refractivity contribution is 7.46. The number of hydrogen-bond donors (Lipinski definition) is 0. The maximum Gasteiger partial charge on any atom is 0.384 e. The fraction of sp³-hybridized carbons (Fsp3) is 0.547. The third-order valence-electron chi connectivity index (χ3n) is 11.4. The molecule has 0 saturated carbocycles. The second-order valence-electron chi connectivity index (χ2n) is 21.0. The van der Waals surface area contributed by atoms with Crippen molar-refractivity contribution < 1.29 is 18.1 Å². The molecule has 61 heavy (non-hydrogen) atoms. The summed E-state index contributed by atoms with van der Waals surface area (Å²) < 4.78 is 33.3. The van der Waals surface area contributed by atoms with Crippen molar-refractivity contribution in [2.75, 3.05) is 26.2 Å². The normalized spacial score (nSPS) is 15.8. The van der Waals surface area contributed by atoms with Gasteiger partial charge in [0.15, 0.2) is 0 Å². The Morgan fingerprint density at radius 2 is 0.934 bits per heavy atom. The Hall–Kier alpha value is -3.14. The van der Waals surface area contributed by atoms with Crippen LogP contribution in [0.5, 0.6) is 23.0 Å². The highest BCUT2D eigenvalue weighted by Crippen LogP contribution is 2.51. The van der Waals surface area contributed by atoms with Crippen LogP contribution in [0.2, 0.25) is 0 Å². The largest absolute Gasteiger partial charge is 0.427 e. The first-order valence-corrected chi connectivity index (χ1v) is 25.2. The van der Waals surface area contributed by atoms with Crippen molar-refractivity contribution >= 4 is 17.1 Å². The van der Waals surface area contributed by atoms with E-state index in [9.17, 15) is 0 Å². The number of nitrogens with zero attached hydrogens (tertiary/aromatic N) is 2. The van der Waals surface area contributed by atoms with Gasteiger partial charge in [0.25, 0.3) is 0 Å². The summed E-state index contributed by atoms with van der Waals surface area (Å²) in [5.41, 5.74) is 7.37. The number of rotatable bonds is 16. The zero-order valence-electron chi connectivity index (χ0n) is 40.3. The van der Waals surface area contributed by atoms with Crippen LogP contribution in [-0.4, -0.2) is 35.5 Å². The predicted octanol–water partition coefficient (Wildman–Crippen LogP) is 15.6. The molecule has 0 bridgehead atoms. The first-order chi connectivity index (χ1) is 28.7. The Morgan fingerprint density at radius 3 is 1.41 bits per heavy atom. The minimum absolute atomic E-state index is 0.0219. The zero-order valence-corrected chi connectivity index (χ0v) is 42.1. The van der Waals surface area contributed by atoms with E-state index in [1.807, 2.05) is 0 Å². The predicted molar refractivity (Wildman–Crippen MR) is 262 cm³/mol. The average Bonchev–Trinajstić information content (AvgIpc) is 3.45. The van der Waals surface area contributed by atoms with Crippen LogP contribution in [0.15, 0.2) is 84.9 Å². The summed E-state index contributed by atoms with van der Waals surface area (Å²) in [6.45, 7) is 34.9. The van der Waals surface area contributed by atoms with Gasteiger partial charge in [0.05, 0.1) is 0 Å². The molecule has 2 unspecified atom stereocenters. The van der Waals surface area contributed by atoms with Gasteiger partial charge in [0.1, 0.15) is 23.0 Å². The Morgan fingerprint density at radius 1 is 0.475 bits per heavy atom. The number of benzene rings is 4. The molecule has 0 aliphatic carbocycles. The maximum atomic E-state index is 7.21. The highest BCUT2D eigenvalue weighted by atomic mass is 31.2. The lowest BCUT2D eigenvalue weighted by Crippen LogP contribution is -2.30. The molecule has 0 radical (unpaired) electrons. The highest BCUT2D eigenvalue weighted by Gasteiger charge is 2.36. The molecule has 0 N–H and O–H groups in total. The topological polar surface area (TPSA) is 43.4 Å². The molecule has 8 heteroatoms. The molecule has 6 nitrogen and oxygen atoms in total. The molecule has 1 heterocycles. The van der Waals surface area contributed by atoms with Gasteiger partial charge in [0, 0.05) is 37.3 Å². The van der Waals surface area contributed by atoms with Crippen LogP contribution in [0.4, 0.5) is 0 Å². The van der Waals surface area contributed by atoms with Crippen molar-refractivity contribution in [3.05, 3.63) is 118 Å². The lowest BCUT2D eigenvalue weighted by atomic mass is 9.80. The summed E-state index contributed by atoms with van der Waals surface area (Å²) in [4.78, 5) is 0. The Balaban J connectivity index is 1.50. The summed E-state index contributed by atoms with van der Waals surface area (Å²) in [7, 11) is -3.05. The van der Waals surface area contributed by atoms with Crippen LogP contribution in [0.25, 0.3) is 0 Å². The SMILES string of the molecule is CCCCc1ccc(OP(Oc2ccc(C(C)(C)C)cc2C(C)(C)C)N2CCCN(P(Oc3ccccc3CCCC)Oc3ccc(C(C)(C)C)cc3C(C)(C)C)CC2)cc1. The van der Waals surface area contributed by atoms with Gasteiger partial charge >= 0.3 is 17.1 Å². The van der Waals surface area contributed by atoms with Crippen LogP contribution in [-0.2, 0) is 34.5 Å². The first kappa shape index (κ1) is 48.9. The molecule has 5 rings (SSSR count). The smallest absolute Gasteiger partial charge is 0.384 e. The van der Waals surface area contributed by atoms with Gasteiger partial charge in [-0.15, -0.1) is 0 Å². The third-order valence-corrected chi connectivity index (χ3v) is 14.6. The summed E-state index contributed by atoms with van der Waals surface area (Å²) in [6, 6.07) is 30.7. The van der Waals surface area contributed by atoms with Crippen molar-refractivity contribution in [2.24, 2.45) is 0 Å². The van der Waals surface area contributed by atoms with E-state index < -0.39 is 17.1 Å². The van der Waals surface area contributed by atoms with Gasteiger partial charge in [-0.3, -0.25) is 0 Å². The average molecular weight is 869 g/mol. The lowest BCUT2D eigenvalue weighted by Gasteiger charge is -2.33.